The summed E-state index contributed by atoms with van der Waals surface area (Å²) in [5.74, 6) is -0.799. The van der Waals surface area contributed by atoms with Gasteiger partial charge in [-0.05, 0) is 45.8 Å². The highest BCUT2D eigenvalue weighted by Crippen LogP contribution is 2.37. The van der Waals surface area contributed by atoms with E-state index in [4.69, 9.17) is 9.47 Å². The van der Waals surface area contributed by atoms with Crippen molar-refractivity contribution >= 4 is 45.0 Å². The first kappa shape index (κ1) is 24.8. The minimum atomic E-state index is -0.558. The maximum absolute atomic E-state index is 13.5. The van der Waals surface area contributed by atoms with Crippen LogP contribution in [0.4, 0.5) is 0 Å². The van der Waals surface area contributed by atoms with E-state index in [0.717, 1.165) is 21.5 Å². The van der Waals surface area contributed by atoms with E-state index in [9.17, 15) is 9.59 Å². The molecule has 0 aromatic heterocycles. The molecular weight excluding hydrogens is 496 g/mol. The molecule has 0 heterocycles. The summed E-state index contributed by atoms with van der Waals surface area (Å²) in [4.78, 5) is 27.0. The lowest BCUT2D eigenvalue weighted by molar-refractivity contribution is 0.0647. The number of ether oxygens (including phenoxy) is 2. The fraction of sp³-hybridized carbons (Fsp3) is 0. The second-order valence-electron chi connectivity index (χ2n) is 9.22. The van der Waals surface area contributed by atoms with E-state index in [1.165, 1.54) is 0 Å². The zero-order valence-electron chi connectivity index (χ0n) is 21.5. The topological polar surface area (TPSA) is 52.6 Å². The van der Waals surface area contributed by atoms with Gasteiger partial charge in [-0.15, -0.1) is 0 Å². The zero-order valence-corrected chi connectivity index (χ0v) is 21.5. The van der Waals surface area contributed by atoms with Gasteiger partial charge in [0.25, 0.3) is 0 Å². The van der Waals surface area contributed by atoms with E-state index in [-0.39, 0.29) is 11.5 Å². The predicted octanol–water partition coefficient (Wildman–Crippen LogP) is 8.53. The average molecular weight is 521 g/mol. The molecule has 0 aliphatic heterocycles. The first-order valence-corrected chi connectivity index (χ1v) is 12.9. The molecule has 0 fully saturated rings. The summed E-state index contributed by atoms with van der Waals surface area (Å²) < 4.78 is 12.4. The van der Waals surface area contributed by atoms with Crippen LogP contribution in [0.15, 0.2) is 146 Å². The van der Waals surface area contributed by atoms with Crippen LogP contribution in [0, 0.1) is 0 Å². The lowest BCUT2D eigenvalue weighted by Crippen LogP contribution is -2.11. The van der Waals surface area contributed by atoms with Crippen molar-refractivity contribution in [3.05, 3.63) is 168 Å². The smallest absolute Gasteiger partial charge is 0.343 e. The van der Waals surface area contributed by atoms with Crippen LogP contribution < -0.4 is 0 Å². The molecule has 0 bridgehead atoms. The van der Waals surface area contributed by atoms with Gasteiger partial charge >= 0.3 is 11.9 Å². The quantitative estimate of drug-likeness (QED) is 0.125. The molecule has 6 aromatic rings. The van der Waals surface area contributed by atoms with Gasteiger partial charge < -0.3 is 9.47 Å². The van der Waals surface area contributed by atoms with Gasteiger partial charge in [-0.25, -0.2) is 9.59 Å². The molecule has 0 spiro atoms. The van der Waals surface area contributed by atoms with E-state index in [0.29, 0.717) is 22.3 Å². The third-order valence-electron chi connectivity index (χ3n) is 6.68. The molecule has 0 atom stereocenters. The van der Waals surface area contributed by atoms with Crippen molar-refractivity contribution in [1.29, 1.82) is 0 Å². The Labute approximate surface area is 231 Å². The Balaban J connectivity index is 1.64. The maximum atomic E-state index is 13.5. The highest BCUT2D eigenvalue weighted by molar-refractivity contribution is 6.08. The molecule has 0 unspecified atom stereocenters. The van der Waals surface area contributed by atoms with Crippen LogP contribution in [-0.2, 0) is 9.47 Å². The third kappa shape index (κ3) is 4.98. The van der Waals surface area contributed by atoms with Crippen molar-refractivity contribution in [3.8, 4) is 0 Å². The SMILES string of the molecule is O=C(O/C(=C(/OC(=O)c1ccccc1)c1cccc2ccccc12)c1cccc2ccccc12)c1ccccc1. The predicted molar refractivity (Wildman–Crippen MR) is 158 cm³/mol. The average Bonchev–Trinajstić information content (AvgIpc) is 3.03. The first-order valence-electron chi connectivity index (χ1n) is 12.9. The van der Waals surface area contributed by atoms with Gasteiger partial charge in [-0.1, -0.05) is 121 Å². The van der Waals surface area contributed by atoms with Crippen molar-refractivity contribution < 1.29 is 19.1 Å². The summed E-state index contributed by atoms with van der Waals surface area (Å²) in [5.41, 5.74) is 2.02. The Bertz CT molecular complexity index is 1720. The van der Waals surface area contributed by atoms with Crippen LogP contribution in [0.2, 0.25) is 0 Å². The molecule has 192 valence electrons. The maximum Gasteiger partial charge on any atom is 0.343 e. The monoisotopic (exact) mass is 520 g/mol. The summed E-state index contributed by atoms with van der Waals surface area (Å²) >= 11 is 0. The number of carbonyl (C=O) groups excluding carboxylic acids is 2. The number of benzene rings is 6. The Morgan fingerprint density at radius 2 is 0.725 bits per heavy atom. The van der Waals surface area contributed by atoms with E-state index in [1.54, 1.807) is 48.5 Å². The minimum absolute atomic E-state index is 0.159. The molecule has 0 radical (unpaired) electrons. The molecule has 0 amide bonds. The van der Waals surface area contributed by atoms with Gasteiger partial charge in [0.2, 0.25) is 0 Å². The summed E-state index contributed by atoms with van der Waals surface area (Å²) in [6.45, 7) is 0. The second-order valence-corrected chi connectivity index (χ2v) is 9.22. The van der Waals surface area contributed by atoms with Crippen LogP contribution in [0.25, 0.3) is 33.1 Å². The first-order chi connectivity index (χ1) is 19.7. The van der Waals surface area contributed by atoms with Gasteiger partial charge in [0.1, 0.15) is 0 Å². The van der Waals surface area contributed by atoms with E-state index in [1.807, 2.05) is 97.1 Å². The van der Waals surface area contributed by atoms with Crippen LogP contribution in [0.3, 0.4) is 0 Å². The van der Waals surface area contributed by atoms with Crippen molar-refractivity contribution in [1.82, 2.24) is 0 Å². The lowest BCUT2D eigenvalue weighted by Gasteiger charge is -2.19. The molecule has 4 heteroatoms. The Hall–Kier alpha value is -5.48. The Kier molecular flexibility index (Phi) is 6.89. The largest absolute Gasteiger partial charge is 0.418 e. The second kappa shape index (κ2) is 11.1. The molecule has 0 aliphatic carbocycles. The highest BCUT2D eigenvalue weighted by Gasteiger charge is 2.25. The number of carbonyl (C=O) groups is 2. The molecule has 6 rings (SSSR count). The zero-order chi connectivity index (χ0) is 27.3. The molecule has 0 N–H and O–H groups in total. The Morgan fingerprint density at radius 1 is 0.375 bits per heavy atom. The number of hydrogen-bond donors (Lipinski definition) is 0. The van der Waals surface area contributed by atoms with Gasteiger partial charge in [0, 0.05) is 11.1 Å². The summed E-state index contributed by atoms with van der Waals surface area (Å²) in [6.07, 6.45) is 0. The Morgan fingerprint density at radius 3 is 1.15 bits per heavy atom. The molecule has 0 aliphatic rings. The fourth-order valence-electron chi connectivity index (χ4n) is 4.75. The van der Waals surface area contributed by atoms with Gasteiger partial charge in [0.15, 0.2) is 11.5 Å². The van der Waals surface area contributed by atoms with Crippen molar-refractivity contribution in [3.63, 3.8) is 0 Å². The molecule has 6 aromatic carbocycles. The van der Waals surface area contributed by atoms with E-state index >= 15 is 0 Å². The van der Waals surface area contributed by atoms with Crippen LogP contribution in [0.1, 0.15) is 31.8 Å². The van der Waals surface area contributed by atoms with E-state index in [2.05, 4.69) is 0 Å². The van der Waals surface area contributed by atoms with Crippen molar-refractivity contribution in [2.45, 2.75) is 0 Å². The lowest BCUT2D eigenvalue weighted by atomic mass is 9.98. The fourth-order valence-corrected chi connectivity index (χ4v) is 4.75. The van der Waals surface area contributed by atoms with Crippen LogP contribution in [-0.4, -0.2) is 11.9 Å². The minimum Gasteiger partial charge on any atom is -0.418 e. The van der Waals surface area contributed by atoms with Crippen molar-refractivity contribution in [2.24, 2.45) is 0 Å². The number of esters is 2. The van der Waals surface area contributed by atoms with Gasteiger partial charge in [0.05, 0.1) is 11.1 Å². The summed E-state index contributed by atoms with van der Waals surface area (Å²) in [5, 5.41) is 3.63. The summed E-state index contributed by atoms with van der Waals surface area (Å²) in [6, 6.07) is 44.7. The van der Waals surface area contributed by atoms with E-state index < -0.39 is 11.9 Å². The molecule has 0 saturated carbocycles. The highest BCUT2D eigenvalue weighted by atomic mass is 16.6. The van der Waals surface area contributed by atoms with Gasteiger partial charge in [-0.3, -0.25) is 0 Å². The number of rotatable bonds is 6. The number of hydrogen-bond acceptors (Lipinski definition) is 4. The van der Waals surface area contributed by atoms with Gasteiger partial charge in [-0.2, -0.15) is 0 Å². The molecule has 4 nitrogen and oxygen atoms in total. The van der Waals surface area contributed by atoms with Crippen molar-refractivity contribution in [2.75, 3.05) is 0 Å². The van der Waals surface area contributed by atoms with Crippen LogP contribution in [0.5, 0.6) is 0 Å². The standard InChI is InChI=1S/C36H24O4/c37-35(27-15-3-1-4-16-27)39-33(31-23-11-19-25-13-7-9-21-29(25)31)34(40-36(38)28-17-5-2-6-18-28)32-24-12-20-26-14-8-10-22-30(26)32/h1-24H/b34-33+. The number of fused-ring (bicyclic) bond motifs is 2. The molecule has 40 heavy (non-hydrogen) atoms. The molecule has 0 saturated heterocycles. The normalized spacial score (nSPS) is 11.6. The third-order valence-corrected chi connectivity index (χ3v) is 6.68. The van der Waals surface area contributed by atoms with Crippen LogP contribution >= 0.6 is 0 Å². The summed E-state index contributed by atoms with van der Waals surface area (Å²) in [7, 11) is 0. The molecular formula is C36H24O4.